The molecule has 0 fully saturated rings. The zero-order chi connectivity index (χ0) is 21.9. The molecular formula is C20H22N4O5S. The number of ether oxygens (including phenoxy) is 1. The molecule has 3 N–H and O–H groups in total. The van der Waals surface area contributed by atoms with Crippen LogP contribution in [0.25, 0.3) is 0 Å². The van der Waals surface area contributed by atoms with Gasteiger partial charge in [0.25, 0.3) is 17.5 Å². The van der Waals surface area contributed by atoms with Crippen LogP contribution in [0.5, 0.6) is 5.75 Å². The Morgan fingerprint density at radius 3 is 2.40 bits per heavy atom. The summed E-state index contributed by atoms with van der Waals surface area (Å²) in [5.74, 6) is -0.604. The Morgan fingerprint density at radius 1 is 1.03 bits per heavy atom. The number of benzene rings is 2. The third-order valence-electron chi connectivity index (χ3n) is 3.99. The zero-order valence-corrected chi connectivity index (χ0v) is 17.2. The van der Waals surface area contributed by atoms with Gasteiger partial charge in [-0.05, 0) is 42.9 Å². The van der Waals surface area contributed by atoms with Crippen LogP contribution in [0.1, 0.15) is 46.9 Å². The van der Waals surface area contributed by atoms with Gasteiger partial charge in [-0.25, -0.2) is 0 Å². The van der Waals surface area contributed by atoms with E-state index in [1.165, 1.54) is 24.3 Å². The highest BCUT2D eigenvalue weighted by Gasteiger charge is 2.14. The minimum absolute atomic E-state index is 0.115. The largest absolute Gasteiger partial charge is 0.493 e. The fourth-order valence-electron chi connectivity index (χ4n) is 2.44. The van der Waals surface area contributed by atoms with Crippen molar-refractivity contribution in [2.75, 3.05) is 6.61 Å². The van der Waals surface area contributed by atoms with Gasteiger partial charge in [0.05, 0.1) is 17.1 Å². The van der Waals surface area contributed by atoms with E-state index in [0.29, 0.717) is 17.9 Å². The van der Waals surface area contributed by atoms with Crippen LogP contribution >= 0.6 is 12.2 Å². The Kier molecular flexibility index (Phi) is 8.70. The molecule has 0 aliphatic carbocycles. The number of unbranched alkanes of at least 4 members (excludes halogenated alkanes) is 2. The van der Waals surface area contributed by atoms with E-state index in [-0.39, 0.29) is 16.4 Å². The lowest BCUT2D eigenvalue weighted by molar-refractivity contribution is -0.384. The van der Waals surface area contributed by atoms with Crippen molar-refractivity contribution < 1.29 is 19.2 Å². The molecule has 2 amide bonds. The number of hydrogen-bond donors (Lipinski definition) is 3. The van der Waals surface area contributed by atoms with Gasteiger partial charge in [-0.3, -0.25) is 35.9 Å². The lowest BCUT2D eigenvalue weighted by atomic mass is 10.2. The van der Waals surface area contributed by atoms with Gasteiger partial charge in [-0.1, -0.05) is 31.9 Å². The summed E-state index contributed by atoms with van der Waals surface area (Å²) in [5.41, 5.74) is 5.13. The standard InChI is InChI=1S/C20H22N4O5S/c1-2-3-6-13-29-17-8-5-4-7-16(17)19(26)21-20(30)23-22-18(25)14-9-11-15(12-10-14)24(27)28/h4-5,7-12H,2-3,6,13H2,1H3,(H,22,25)(H2,21,23,26,30). The second-order valence-corrected chi connectivity index (χ2v) is 6.63. The first-order valence-corrected chi connectivity index (χ1v) is 9.71. The van der Waals surface area contributed by atoms with Crippen LogP contribution in [0, 0.1) is 10.1 Å². The maximum absolute atomic E-state index is 12.5. The van der Waals surface area contributed by atoms with Gasteiger partial charge >= 0.3 is 0 Å². The first-order chi connectivity index (χ1) is 14.4. The SMILES string of the molecule is CCCCCOc1ccccc1C(=O)NC(=S)NNC(=O)c1ccc([N+](=O)[O-])cc1. The summed E-state index contributed by atoms with van der Waals surface area (Å²) >= 11 is 5.03. The van der Waals surface area contributed by atoms with Crippen LogP contribution in [0.3, 0.4) is 0 Å². The summed E-state index contributed by atoms with van der Waals surface area (Å²) < 4.78 is 5.68. The molecule has 0 atom stereocenters. The smallest absolute Gasteiger partial charge is 0.269 e. The summed E-state index contributed by atoms with van der Waals surface area (Å²) in [6.45, 7) is 2.60. The van der Waals surface area contributed by atoms with E-state index >= 15 is 0 Å². The molecule has 2 aromatic carbocycles. The molecule has 30 heavy (non-hydrogen) atoms. The monoisotopic (exact) mass is 430 g/mol. The Bertz CT molecular complexity index is 918. The summed E-state index contributed by atoms with van der Waals surface area (Å²) in [4.78, 5) is 34.7. The molecule has 9 nitrogen and oxygen atoms in total. The summed E-state index contributed by atoms with van der Waals surface area (Å²) in [6, 6.07) is 11.8. The van der Waals surface area contributed by atoms with Crippen LogP contribution < -0.4 is 20.9 Å². The van der Waals surface area contributed by atoms with Crippen molar-refractivity contribution >= 4 is 34.8 Å². The molecule has 0 aliphatic heterocycles. The van der Waals surface area contributed by atoms with E-state index in [0.717, 1.165) is 19.3 Å². The van der Waals surface area contributed by atoms with E-state index < -0.39 is 16.7 Å². The fourth-order valence-corrected chi connectivity index (χ4v) is 2.58. The molecule has 0 heterocycles. The average Bonchev–Trinajstić information content (AvgIpc) is 2.75. The third-order valence-corrected chi connectivity index (χ3v) is 4.20. The normalized spacial score (nSPS) is 10.0. The second-order valence-electron chi connectivity index (χ2n) is 6.22. The van der Waals surface area contributed by atoms with Crippen LogP contribution in [-0.4, -0.2) is 28.5 Å². The predicted molar refractivity (Wildman–Crippen MR) is 115 cm³/mol. The van der Waals surface area contributed by atoms with Crippen molar-refractivity contribution in [3.05, 3.63) is 69.8 Å². The molecule has 10 heteroatoms. The molecule has 2 rings (SSSR count). The zero-order valence-electron chi connectivity index (χ0n) is 16.3. The quantitative estimate of drug-likeness (QED) is 0.254. The molecule has 0 spiro atoms. The summed E-state index contributed by atoms with van der Waals surface area (Å²) in [6.07, 6.45) is 2.99. The van der Waals surface area contributed by atoms with Gasteiger partial charge < -0.3 is 4.74 Å². The number of nitrogens with one attached hydrogen (secondary N) is 3. The van der Waals surface area contributed by atoms with Crippen LogP contribution in [0.4, 0.5) is 5.69 Å². The maximum Gasteiger partial charge on any atom is 0.269 e. The van der Waals surface area contributed by atoms with Crippen molar-refractivity contribution in [3.8, 4) is 5.75 Å². The third kappa shape index (κ3) is 6.82. The average molecular weight is 430 g/mol. The van der Waals surface area contributed by atoms with Gasteiger partial charge in [-0.2, -0.15) is 0 Å². The number of hydrazine groups is 1. The predicted octanol–water partition coefficient (Wildman–Crippen LogP) is 3.11. The highest BCUT2D eigenvalue weighted by atomic mass is 32.1. The molecule has 0 aromatic heterocycles. The van der Waals surface area contributed by atoms with E-state index in [1.807, 2.05) is 0 Å². The Balaban J connectivity index is 1.88. The van der Waals surface area contributed by atoms with Gasteiger partial charge in [0, 0.05) is 17.7 Å². The van der Waals surface area contributed by atoms with Gasteiger partial charge in [0.1, 0.15) is 5.75 Å². The van der Waals surface area contributed by atoms with Crippen molar-refractivity contribution in [1.29, 1.82) is 0 Å². The lowest BCUT2D eigenvalue weighted by Gasteiger charge is -2.13. The molecule has 0 unspecified atom stereocenters. The number of non-ortho nitro benzene ring substituents is 1. The van der Waals surface area contributed by atoms with Crippen LogP contribution in [0.15, 0.2) is 48.5 Å². The number of amides is 2. The number of nitrogens with zero attached hydrogens (tertiary/aromatic N) is 1. The number of carbonyl (C=O) groups excluding carboxylic acids is 2. The minimum Gasteiger partial charge on any atom is -0.493 e. The number of nitro groups is 1. The molecule has 0 saturated carbocycles. The Hall–Kier alpha value is -3.53. The lowest BCUT2D eigenvalue weighted by Crippen LogP contribution is -2.48. The number of hydrogen-bond acceptors (Lipinski definition) is 6. The van der Waals surface area contributed by atoms with E-state index in [1.54, 1.807) is 24.3 Å². The molecule has 0 bridgehead atoms. The molecule has 0 aliphatic rings. The van der Waals surface area contributed by atoms with Gasteiger partial charge in [-0.15, -0.1) is 0 Å². The molecule has 0 saturated heterocycles. The van der Waals surface area contributed by atoms with Crippen LogP contribution in [-0.2, 0) is 0 Å². The molecule has 158 valence electrons. The van der Waals surface area contributed by atoms with E-state index in [2.05, 4.69) is 23.1 Å². The topological polar surface area (TPSA) is 123 Å². The first kappa shape index (κ1) is 22.8. The minimum atomic E-state index is -0.568. The maximum atomic E-state index is 12.5. The van der Waals surface area contributed by atoms with Crippen molar-refractivity contribution in [1.82, 2.24) is 16.2 Å². The molecule has 0 radical (unpaired) electrons. The number of thiocarbonyl (C=S) groups is 1. The highest BCUT2D eigenvalue weighted by molar-refractivity contribution is 7.80. The van der Waals surface area contributed by atoms with Crippen molar-refractivity contribution in [2.45, 2.75) is 26.2 Å². The number of carbonyl (C=O) groups is 2. The number of rotatable bonds is 8. The number of nitro benzene ring substituents is 1. The van der Waals surface area contributed by atoms with Gasteiger partial charge in [0.15, 0.2) is 5.11 Å². The second kappa shape index (κ2) is 11.5. The molecule has 2 aromatic rings. The molecular weight excluding hydrogens is 408 g/mol. The van der Waals surface area contributed by atoms with Crippen LogP contribution in [0.2, 0.25) is 0 Å². The number of para-hydroxylation sites is 1. The first-order valence-electron chi connectivity index (χ1n) is 9.30. The Labute approximate surface area is 178 Å². The fraction of sp³-hybridized carbons (Fsp3) is 0.250. The summed E-state index contributed by atoms with van der Waals surface area (Å²) in [7, 11) is 0. The summed E-state index contributed by atoms with van der Waals surface area (Å²) in [5, 5.41) is 13.0. The van der Waals surface area contributed by atoms with Crippen molar-refractivity contribution in [3.63, 3.8) is 0 Å². The van der Waals surface area contributed by atoms with E-state index in [9.17, 15) is 19.7 Å². The Morgan fingerprint density at radius 2 is 1.73 bits per heavy atom. The highest BCUT2D eigenvalue weighted by Crippen LogP contribution is 2.18. The van der Waals surface area contributed by atoms with Crippen molar-refractivity contribution in [2.24, 2.45) is 0 Å². The van der Waals surface area contributed by atoms with Gasteiger partial charge in [0.2, 0.25) is 0 Å². The van der Waals surface area contributed by atoms with E-state index in [4.69, 9.17) is 17.0 Å².